The number of hydrogen-bond acceptors (Lipinski definition) is 3. The quantitative estimate of drug-likeness (QED) is 0.905. The molecular weight excluding hydrogens is 250 g/mol. The molecule has 1 fully saturated rings. The summed E-state index contributed by atoms with van der Waals surface area (Å²) in [6, 6.07) is 2.18. The molecule has 2 N–H and O–H groups in total. The summed E-state index contributed by atoms with van der Waals surface area (Å²) >= 11 is 5.26. The Morgan fingerprint density at radius 3 is 2.77 bits per heavy atom. The highest BCUT2D eigenvalue weighted by molar-refractivity contribution is 9.10. The molecule has 1 aromatic heterocycles. The van der Waals surface area contributed by atoms with Gasteiger partial charge in [0.25, 0.3) is 0 Å². The number of nitrogens with two attached hydrogens (primary N) is 1. The molecule has 1 aliphatic heterocycles. The van der Waals surface area contributed by atoms with Crippen LogP contribution in [0.25, 0.3) is 0 Å². The van der Waals surface area contributed by atoms with Crippen LogP contribution < -0.4 is 5.73 Å². The van der Waals surface area contributed by atoms with Crippen molar-refractivity contribution in [3.63, 3.8) is 0 Å². The molecule has 0 radical (unpaired) electrons. The van der Waals surface area contributed by atoms with Crippen molar-refractivity contribution in [2.24, 2.45) is 5.73 Å². The Hall–Kier alpha value is 0.1000. The summed E-state index contributed by atoms with van der Waals surface area (Å²) in [6.45, 7) is 2.40. The molecule has 72 valence electrons. The summed E-state index contributed by atoms with van der Waals surface area (Å²) in [6.07, 6.45) is 1.03. The maximum absolute atomic E-state index is 5.61. The first-order chi connectivity index (χ1) is 6.27. The van der Waals surface area contributed by atoms with Crippen molar-refractivity contribution in [1.29, 1.82) is 0 Å². The first-order valence-electron chi connectivity index (χ1n) is 4.29. The van der Waals surface area contributed by atoms with E-state index in [2.05, 4.69) is 27.4 Å². The van der Waals surface area contributed by atoms with Crippen LogP contribution in [0.2, 0.25) is 0 Å². The molecule has 13 heavy (non-hydrogen) atoms. The number of thiophene rings is 1. The van der Waals surface area contributed by atoms with Gasteiger partial charge in [0.1, 0.15) is 0 Å². The fourth-order valence-corrected chi connectivity index (χ4v) is 3.26. The number of ether oxygens (including phenoxy) is 1. The lowest BCUT2D eigenvalue weighted by atomic mass is 9.81. The van der Waals surface area contributed by atoms with E-state index in [4.69, 9.17) is 10.5 Å². The van der Waals surface area contributed by atoms with E-state index in [1.165, 1.54) is 4.88 Å². The van der Waals surface area contributed by atoms with Crippen molar-refractivity contribution in [2.75, 3.05) is 19.8 Å². The van der Waals surface area contributed by atoms with E-state index in [9.17, 15) is 0 Å². The molecule has 0 amide bonds. The Morgan fingerprint density at radius 1 is 1.62 bits per heavy atom. The summed E-state index contributed by atoms with van der Waals surface area (Å²) in [5.41, 5.74) is 5.83. The maximum atomic E-state index is 5.61. The molecule has 1 aromatic rings. The fraction of sp³-hybridized carbons (Fsp3) is 0.556. The van der Waals surface area contributed by atoms with Gasteiger partial charge in [-0.25, -0.2) is 0 Å². The van der Waals surface area contributed by atoms with Gasteiger partial charge in [0.2, 0.25) is 0 Å². The zero-order valence-corrected chi connectivity index (χ0v) is 9.66. The normalized spacial score (nSPS) is 19.8. The molecule has 0 saturated carbocycles. The Kier molecular flexibility index (Phi) is 2.74. The van der Waals surface area contributed by atoms with Crippen LogP contribution in [0.5, 0.6) is 0 Å². The summed E-state index contributed by atoms with van der Waals surface area (Å²) in [5.74, 6) is 0. The third kappa shape index (κ3) is 1.68. The molecule has 2 heterocycles. The maximum Gasteiger partial charge on any atom is 0.0594 e. The average molecular weight is 262 g/mol. The van der Waals surface area contributed by atoms with Crippen LogP contribution in [0.1, 0.15) is 11.3 Å². The third-order valence-corrected chi connectivity index (χ3v) is 4.41. The second-order valence-corrected chi connectivity index (χ2v) is 5.27. The van der Waals surface area contributed by atoms with E-state index in [0.717, 1.165) is 30.7 Å². The highest BCUT2D eigenvalue weighted by atomic mass is 79.9. The van der Waals surface area contributed by atoms with E-state index < -0.39 is 0 Å². The second-order valence-electron chi connectivity index (χ2n) is 3.44. The van der Waals surface area contributed by atoms with Crippen LogP contribution in [0.4, 0.5) is 0 Å². The van der Waals surface area contributed by atoms with E-state index in [0.29, 0.717) is 0 Å². The van der Waals surface area contributed by atoms with Crippen molar-refractivity contribution in [3.8, 4) is 0 Å². The van der Waals surface area contributed by atoms with Crippen LogP contribution >= 0.6 is 27.3 Å². The molecule has 1 saturated heterocycles. The molecule has 2 rings (SSSR count). The van der Waals surface area contributed by atoms with Crippen molar-refractivity contribution in [1.82, 2.24) is 0 Å². The SMILES string of the molecule is NCCC1(c2cc(Br)cs2)COC1. The summed E-state index contributed by atoms with van der Waals surface area (Å²) in [4.78, 5) is 1.40. The zero-order valence-electron chi connectivity index (χ0n) is 7.25. The van der Waals surface area contributed by atoms with Gasteiger partial charge in [-0.2, -0.15) is 0 Å². The monoisotopic (exact) mass is 261 g/mol. The number of hydrogen-bond donors (Lipinski definition) is 1. The molecule has 0 aliphatic carbocycles. The van der Waals surface area contributed by atoms with Gasteiger partial charge < -0.3 is 10.5 Å². The first kappa shape index (κ1) is 9.65. The Morgan fingerprint density at radius 2 is 2.38 bits per heavy atom. The Balaban J connectivity index is 2.21. The van der Waals surface area contributed by atoms with E-state index >= 15 is 0 Å². The van der Waals surface area contributed by atoms with Gasteiger partial charge in [-0.05, 0) is 35.0 Å². The molecule has 2 nitrogen and oxygen atoms in total. The number of rotatable bonds is 3. The van der Waals surface area contributed by atoms with Crippen LogP contribution in [0.15, 0.2) is 15.9 Å². The van der Waals surface area contributed by atoms with Crippen LogP contribution in [0.3, 0.4) is 0 Å². The summed E-state index contributed by atoms with van der Waals surface area (Å²) in [7, 11) is 0. The largest absolute Gasteiger partial charge is 0.379 e. The van der Waals surface area contributed by atoms with E-state index in [1.807, 2.05) is 0 Å². The number of halogens is 1. The lowest BCUT2D eigenvalue weighted by molar-refractivity contribution is -0.0612. The topological polar surface area (TPSA) is 35.2 Å². The molecule has 0 atom stereocenters. The third-order valence-electron chi connectivity index (χ3n) is 2.47. The summed E-state index contributed by atoms with van der Waals surface area (Å²) in [5, 5.41) is 2.12. The molecule has 0 bridgehead atoms. The van der Waals surface area contributed by atoms with Crippen molar-refractivity contribution in [3.05, 3.63) is 20.8 Å². The van der Waals surface area contributed by atoms with Gasteiger partial charge in [0.05, 0.1) is 18.6 Å². The van der Waals surface area contributed by atoms with E-state index in [-0.39, 0.29) is 5.41 Å². The van der Waals surface area contributed by atoms with Crippen molar-refractivity contribution >= 4 is 27.3 Å². The van der Waals surface area contributed by atoms with Gasteiger partial charge in [-0.15, -0.1) is 11.3 Å². The van der Waals surface area contributed by atoms with Crippen LogP contribution in [-0.4, -0.2) is 19.8 Å². The van der Waals surface area contributed by atoms with Gasteiger partial charge in [-0.3, -0.25) is 0 Å². The highest BCUT2D eigenvalue weighted by Crippen LogP contribution is 2.39. The minimum absolute atomic E-state index is 0.228. The molecular formula is C9H12BrNOS. The smallest absolute Gasteiger partial charge is 0.0594 e. The standard InChI is InChI=1S/C9H12BrNOS/c10-7-3-8(13-4-7)9(1-2-11)5-12-6-9/h3-4H,1-2,5-6,11H2. The molecule has 0 unspecified atom stereocenters. The Labute approximate surface area is 90.2 Å². The second kappa shape index (κ2) is 3.69. The fourth-order valence-electron chi connectivity index (χ4n) is 1.63. The first-order valence-corrected chi connectivity index (χ1v) is 5.96. The highest BCUT2D eigenvalue weighted by Gasteiger charge is 2.40. The van der Waals surface area contributed by atoms with Gasteiger partial charge in [-0.1, -0.05) is 0 Å². The minimum atomic E-state index is 0.228. The lowest BCUT2D eigenvalue weighted by Gasteiger charge is -2.40. The molecule has 0 aromatic carbocycles. The molecule has 4 heteroatoms. The van der Waals surface area contributed by atoms with E-state index in [1.54, 1.807) is 11.3 Å². The van der Waals surface area contributed by atoms with Crippen LogP contribution in [-0.2, 0) is 10.2 Å². The predicted octanol–water partition coefficient (Wildman–Crippen LogP) is 2.13. The zero-order chi connectivity index (χ0) is 9.31. The van der Waals surface area contributed by atoms with Crippen LogP contribution in [0, 0.1) is 0 Å². The predicted molar refractivity (Wildman–Crippen MR) is 58.2 cm³/mol. The molecule has 1 aliphatic rings. The minimum Gasteiger partial charge on any atom is -0.379 e. The summed E-state index contributed by atoms with van der Waals surface area (Å²) < 4.78 is 6.45. The Bertz CT molecular complexity index is 296. The van der Waals surface area contributed by atoms with Gasteiger partial charge >= 0.3 is 0 Å². The van der Waals surface area contributed by atoms with Gasteiger partial charge in [0.15, 0.2) is 0 Å². The van der Waals surface area contributed by atoms with Crippen molar-refractivity contribution in [2.45, 2.75) is 11.8 Å². The van der Waals surface area contributed by atoms with Crippen molar-refractivity contribution < 1.29 is 4.74 Å². The average Bonchev–Trinajstić information content (AvgIpc) is 2.44. The lowest BCUT2D eigenvalue weighted by Crippen LogP contribution is -2.47. The van der Waals surface area contributed by atoms with Gasteiger partial charge in [0, 0.05) is 14.7 Å². The molecule has 0 spiro atoms.